The van der Waals surface area contributed by atoms with Crippen molar-refractivity contribution >= 4 is 11.6 Å². The van der Waals surface area contributed by atoms with E-state index in [4.69, 9.17) is 4.74 Å². The molecule has 2 aromatic rings. The number of rotatable bonds is 3. The molecule has 0 spiro atoms. The van der Waals surface area contributed by atoms with Crippen LogP contribution in [0.5, 0.6) is 5.75 Å². The minimum absolute atomic E-state index is 0.0666. The smallest absolute Gasteiger partial charge is 0.285 e. The van der Waals surface area contributed by atoms with Gasteiger partial charge >= 0.3 is 0 Å². The minimum atomic E-state index is -0.615. The molecule has 2 rings (SSSR count). The third kappa shape index (κ3) is 2.05. The summed E-state index contributed by atoms with van der Waals surface area (Å²) in [6.45, 7) is 0. The third-order valence-corrected chi connectivity index (χ3v) is 2.34. The average molecular weight is 247 g/mol. The van der Waals surface area contributed by atoms with Gasteiger partial charge in [-0.05, 0) is 18.2 Å². The van der Waals surface area contributed by atoms with Crippen molar-refractivity contribution in [3.8, 4) is 5.75 Å². The Hall–Kier alpha value is -2.70. The second-order valence-electron chi connectivity index (χ2n) is 3.40. The van der Waals surface area contributed by atoms with Crippen molar-refractivity contribution in [2.24, 2.45) is 0 Å². The lowest BCUT2D eigenvalue weighted by atomic mass is 10.1. The first-order chi connectivity index (χ1) is 8.63. The van der Waals surface area contributed by atoms with Crippen molar-refractivity contribution in [2.45, 2.75) is 0 Å². The number of ether oxygens (including phenoxy) is 1. The van der Waals surface area contributed by atoms with Gasteiger partial charge in [0.1, 0.15) is 11.3 Å². The Bertz CT molecular complexity index is 592. The van der Waals surface area contributed by atoms with Gasteiger partial charge in [0.25, 0.3) is 11.6 Å². The number of nitro benzene ring substituents is 1. The third-order valence-electron chi connectivity index (χ3n) is 2.34. The fraction of sp³-hybridized carbons (Fsp3) is 0.0909. The monoisotopic (exact) mass is 247 g/mol. The highest BCUT2D eigenvalue weighted by molar-refractivity contribution is 5.99. The fourth-order valence-corrected chi connectivity index (χ4v) is 1.48. The maximum atomic E-state index is 12.0. The van der Waals surface area contributed by atoms with Gasteiger partial charge in [-0.15, -0.1) is 0 Å². The summed E-state index contributed by atoms with van der Waals surface area (Å²) in [6, 6.07) is 5.54. The summed E-state index contributed by atoms with van der Waals surface area (Å²) in [7, 11) is 1.42. The van der Waals surface area contributed by atoms with E-state index in [1.54, 1.807) is 6.07 Å². The molecule has 0 saturated heterocycles. The molecule has 7 heteroatoms. The maximum Gasteiger partial charge on any atom is 0.285 e. The van der Waals surface area contributed by atoms with Crippen molar-refractivity contribution in [3.63, 3.8) is 0 Å². The Morgan fingerprint density at radius 1 is 1.50 bits per heavy atom. The zero-order valence-electron chi connectivity index (χ0n) is 9.44. The molecule has 0 N–H and O–H groups in total. The van der Waals surface area contributed by atoms with Gasteiger partial charge in [-0.2, -0.15) is 5.10 Å². The van der Waals surface area contributed by atoms with E-state index in [1.165, 1.54) is 37.7 Å². The molecule has 7 nitrogen and oxygen atoms in total. The summed E-state index contributed by atoms with van der Waals surface area (Å²) >= 11 is 0. The summed E-state index contributed by atoms with van der Waals surface area (Å²) in [5, 5.41) is 14.6. The van der Waals surface area contributed by atoms with E-state index < -0.39 is 10.8 Å². The average Bonchev–Trinajstić information content (AvgIpc) is 2.90. The van der Waals surface area contributed by atoms with Gasteiger partial charge in [-0.25, -0.2) is 4.68 Å². The molecule has 92 valence electrons. The van der Waals surface area contributed by atoms with Crippen LogP contribution in [0.2, 0.25) is 0 Å². The number of methoxy groups -OCH3 is 1. The normalized spacial score (nSPS) is 10.1. The molecule has 0 aliphatic carbocycles. The number of nitro groups is 1. The number of benzene rings is 1. The van der Waals surface area contributed by atoms with Crippen molar-refractivity contribution in [3.05, 3.63) is 52.3 Å². The van der Waals surface area contributed by atoms with Crippen molar-refractivity contribution in [2.75, 3.05) is 7.11 Å². The van der Waals surface area contributed by atoms with E-state index in [1.807, 2.05) is 0 Å². The van der Waals surface area contributed by atoms with Crippen LogP contribution >= 0.6 is 0 Å². The molecule has 0 amide bonds. The molecule has 0 radical (unpaired) electrons. The topological polar surface area (TPSA) is 87.3 Å². The lowest BCUT2D eigenvalue weighted by molar-refractivity contribution is -0.385. The molecule has 0 aliphatic rings. The lowest BCUT2D eigenvalue weighted by Gasteiger charge is -2.04. The Morgan fingerprint density at radius 2 is 2.28 bits per heavy atom. The molecule has 0 aliphatic heterocycles. The standard InChI is InChI=1S/C11H9N3O4/c1-18-8-3-4-10(14(16)17)9(7-8)11(15)13-6-2-5-12-13/h2-7H,1H3. The van der Waals surface area contributed by atoms with Crippen LogP contribution in [0, 0.1) is 10.1 Å². The second-order valence-corrected chi connectivity index (χ2v) is 3.40. The van der Waals surface area contributed by atoms with E-state index in [0.29, 0.717) is 5.75 Å². The zero-order valence-corrected chi connectivity index (χ0v) is 9.44. The zero-order chi connectivity index (χ0) is 13.1. The largest absolute Gasteiger partial charge is 0.497 e. The molecule has 1 heterocycles. The summed E-state index contributed by atoms with van der Waals surface area (Å²) in [5.74, 6) is -0.207. The molecule has 0 bridgehead atoms. The SMILES string of the molecule is COc1ccc([N+](=O)[O-])c(C(=O)n2cccn2)c1. The van der Waals surface area contributed by atoms with Gasteiger partial charge in [0.05, 0.1) is 12.0 Å². The molecule has 18 heavy (non-hydrogen) atoms. The number of aromatic nitrogens is 2. The predicted molar refractivity (Wildman–Crippen MR) is 61.6 cm³/mol. The summed E-state index contributed by atoms with van der Waals surface area (Å²) in [5.41, 5.74) is -0.348. The summed E-state index contributed by atoms with van der Waals surface area (Å²) in [6.07, 6.45) is 2.84. The van der Waals surface area contributed by atoms with Crippen molar-refractivity contribution in [1.29, 1.82) is 0 Å². The first-order valence-corrected chi connectivity index (χ1v) is 5.00. The van der Waals surface area contributed by atoms with E-state index in [2.05, 4.69) is 5.10 Å². The lowest BCUT2D eigenvalue weighted by Crippen LogP contribution is -2.14. The maximum absolute atomic E-state index is 12.0. The fourth-order valence-electron chi connectivity index (χ4n) is 1.48. The van der Waals surface area contributed by atoms with Gasteiger partial charge in [-0.1, -0.05) is 0 Å². The van der Waals surface area contributed by atoms with E-state index in [0.717, 1.165) is 4.68 Å². The van der Waals surface area contributed by atoms with Crippen molar-refractivity contribution < 1.29 is 14.5 Å². The Balaban J connectivity index is 2.53. The van der Waals surface area contributed by atoms with E-state index >= 15 is 0 Å². The van der Waals surface area contributed by atoms with Crippen molar-refractivity contribution in [1.82, 2.24) is 9.78 Å². The first-order valence-electron chi connectivity index (χ1n) is 5.00. The molecule has 0 atom stereocenters. The Kier molecular flexibility index (Phi) is 3.05. The predicted octanol–water partition coefficient (Wildman–Crippen LogP) is 1.49. The van der Waals surface area contributed by atoms with Gasteiger partial charge in [0.15, 0.2) is 0 Å². The molecule has 1 aromatic carbocycles. The first kappa shape index (κ1) is 11.8. The second kappa shape index (κ2) is 4.66. The Morgan fingerprint density at radius 3 is 2.83 bits per heavy atom. The van der Waals surface area contributed by atoms with Crippen LogP contribution in [0.3, 0.4) is 0 Å². The molecular weight excluding hydrogens is 238 g/mol. The van der Waals surface area contributed by atoms with Gasteiger partial charge < -0.3 is 4.74 Å². The van der Waals surface area contributed by atoms with E-state index in [-0.39, 0.29) is 11.3 Å². The highest BCUT2D eigenvalue weighted by Crippen LogP contribution is 2.24. The van der Waals surface area contributed by atoms with Crippen LogP contribution in [0.25, 0.3) is 0 Å². The van der Waals surface area contributed by atoms with Crippen LogP contribution in [-0.4, -0.2) is 27.7 Å². The van der Waals surface area contributed by atoms with Crippen LogP contribution in [-0.2, 0) is 0 Å². The molecule has 0 fully saturated rings. The molecular formula is C11H9N3O4. The van der Waals surface area contributed by atoms with Crippen LogP contribution in [0.15, 0.2) is 36.7 Å². The van der Waals surface area contributed by atoms with Crippen LogP contribution in [0.4, 0.5) is 5.69 Å². The summed E-state index contributed by atoms with van der Waals surface area (Å²) < 4.78 is 5.98. The molecule has 0 saturated carbocycles. The van der Waals surface area contributed by atoms with Gasteiger partial charge in [0, 0.05) is 18.5 Å². The number of carbonyl (C=O) groups excluding carboxylic acids is 1. The minimum Gasteiger partial charge on any atom is -0.497 e. The van der Waals surface area contributed by atoms with Crippen LogP contribution < -0.4 is 4.74 Å². The molecule has 1 aromatic heterocycles. The van der Waals surface area contributed by atoms with Crippen LogP contribution in [0.1, 0.15) is 10.4 Å². The Labute approximate surface area is 102 Å². The quantitative estimate of drug-likeness (QED) is 0.605. The van der Waals surface area contributed by atoms with Gasteiger partial charge in [-0.3, -0.25) is 14.9 Å². The number of nitrogens with zero attached hydrogens (tertiary/aromatic N) is 3. The van der Waals surface area contributed by atoms with Gasteiger partial charge in [0.2, 0.25) is 0 Å². The highest BCUT2D eigenvalue weighted by Gasteiger charge is 2.22. The summed E-state index contributed by atoms with van der Waals surface area (Å²) in [4.78, 5) is 22.3. The number of hydrogen-bond acceptors (Lipinski definition) is 5. The van der Waals surface area contributed by atoms with E-state index in [9.17, 15) is 14.9 Å². The number of hydrogen-bond donors (Lipinski definition) is 0. The molecule has 0 unspecified atom stereocenters. The number of carbonyl (C=O) groups is 1. The highest BCUT2D eigenvalue weighted by atomic mass is 16.6.